The van der Waals surface area contributed by atoms with Crippen LogP contribution < -0.4 is 4.74 Å². The molecule has 0 fully saturated rings. The molecule has 0 aliphatic rings. The van der Waals surface area contributed by atoms with Gasteiger partial charge in [0.25, 0.3) is 0 Å². The number of esters is 1. The molecule has 100 valence electrons. The highest BCUT2D eigenvalue weighted by molar-refractivity contribution is 9.10. The van der Waals surface area contributed by atoms with E-state index >= 15 is 0 Å². The Morgan fingerprint density at radius 3 is 2.67 bits per heavy atom. The second-order valence-electron chi connectivity index (χ2n) is 3.33. The lowest BCUT2D eigenvalue weighted by Gasteiger charge is -2.13. The number of hydrogen-bond acceptors (Lipinski definition) is 3. The Morgan fingerprint density at radius 1 is 1.50 bits per heavy atom. The first kappa shape index (κ1) is 15.2. The van der Waals surface area contributed by atoms with Crippen LogP contribution in [0.2, 0.25) is 0 Å². The van der Waals surface area contributed by atoms with Crippen molar-refractivity contribution in [2.75, 3.05) is 7.11 Å². The second-order valence-corrected chi connectivity index (χ2v) is 4.45. The van der Waals surface area contributed by atoms with E-state index in [1.807, 2.05) is 0 Å². The Labute approximate surface area is 116 Å². The zero-order valence-electron chi connectivity index (χ0n) is 9.38. The number of hydrogen-bond donors (Lipinski definition) is 0. The zero-order valence-corrected chi connectivity index (χ0v) is 11.7. The second kappa shape index (κ2) is 6.89. The fourth-order valence-electron chi connectivity index (χ4n) is 1.37. The van der Waals surface area contributed by atoms with E-state index in [0.29, 0.717) is 15.6 Å². The zero-order chi connectivity index (χ0) is 13.7. The maximum absolute atomic E-state index is 12.2. The smallest absolute Gasteiger partial charge is 0.387 e. The van der Waals surface area contributed by atoms with Crippen molar-refractivity contribution in [1.29, 1.82) is 0 Å². The van der Waals surface area contributed by atoms with Crippen LogP contribution in [0.15, 0.2) is 16.6 Å². The van der Waals surface area contributed by atoms with E-state index < -0.39 is 12.6 Å². The molecule has 1 rings (SSSR count). The van der Waals surface area contributed by atoms with Gasteiger partial charge in [-0.1, -0.05) is 6.07 Å². The van der Waals surface area contributed by atoms with E-state index in [1.165, 1.54) is 19.2 Å². The highest BCUT2D eigenvalue weighted by atomic mass is 79.9. The fourth-order valence-corrected chi connectivity index (χ4v) is 2.21. The number of benzene rings is 1. The molecule has 0 unspecified atom stereocenters. The van der Waals surface area contributed by atoms with Gasteiger partial charge in [-0.15, -0.1) is 11.6 Å². The summed E-state index contributed by atoms with van der Waals surface area (Å²) >= 11 is 8.78. The van der Waals surface area contributed by atoms with Crippen molar-refractivity contribution >= 4 is 33.5 Å². The van der Waals surface area contributed by atoms with Gasteiger partial charge in [0.1, 0.15) is 5.75 Å². The minimum Gasteiger partial charge on any atom is -0.469 e. The lowest BCUT2D eigenvalue weighted by molar-refractivity contribution is -0.139. The molecule has 3 nitrogen and oxygen atoms in total. The highest BCUT2D eigenvalue weighted by Crippen LogP contribution is 2.33. The highest BCUT2D eigenvalue weighted by Gasteiger charge is 2.15. The molecule has 0 aromatic heterocycles. The van der Waals surface area contributed by atoms with E-state index in [0.717, 1.165) is 0 Å². The SMILES string of the molecule is COC(=O)Cc1cc(Br)c(OC(F)F)c(CCl)c1. The largest absolute Gasteiger partial charge is 0.469 e. The van der Waals surface area contributed by atoms with Crippen LogP contribution in [0, 0.1) is 0 Å². The molecule has 0 amide bonds. The average Bonchev–Trinajstić information content (AvgIpc) is 2.31. The average molecular weight is 344 g/mol. The van der Waals surface area contributed by atoms with Crippen molar-refractivity contribution in [3.8, 4) is 5.75 Å². The van der Waals surface area contributed by atoms with E-state index in [1.54, 1.807) is 0 Å². The van der Waals surface area contributed by atoms with Crippen LogP contribution in [0.5, 0.6) is 5.75 Å². The number of halogens is 4. The molecule has 0 N–H and O–H groups in total. The van der Waals surface area contributed by atoms with Gasteiger partial charge < -0.3 is 9.47 Å². The molecule has 0 saturated carbocycles. The third-order valence-corrected chi connectivity index (χ3v) is 2.98. The lowest BCUT2D eigenvalue weighted by atomic mass is 10.1. The van der Waals surface area contributed by atoms with E-state index in [-0.39, 0.29) is 18.1 Å². The first-order valence-electron chi connectivity index (χ1n) is 4.86. The number of alkyl halides is 3. The van der Waals surface area contributed by atoms with Crippen LogP contribution >= 0.6 is 27.5 Å². The van der Waals surface area contributed by atoms with E-state index in [4.69, 9.17) is 11.6 Å². The number of rotatable bonds is 5. The molecule has 18 heavy (non-hydrogen) atoms. The van der Waals surface area contributed by atoms with Crippen molar-refractivity contribution < 1.29 is 23.0 Å². The number of ether oxygens (including phenoxy) is 2. The van der Waals surface area contributed by atoms with Crippen molar-refractivity contribution in [3.05, 3.63) is 27.7 Å². The van der Waals surface area contributed by atoms with Gasteiger partial charge in [0.2, 0.25) is 0 Å². The van der Waals surface area contributed by atoms with Gasteiger partial charge in [-0.3, -0.25) is 4.79 Å². The molecule has 1 aromatic carbocycles. The molecular formula is C11H10BrClF2O3. The quantitative estimate of drug-likeness (QED) is 0.606. The van der Waals surface area contributed by atoms with Gasteiger partial charge in [-0.2, -0.15) is 8.78 Å². The van der Waals surface area contributed by atoms with Crippen molar-refractivity contribution in [2.24, 2.45) is 0 Å². The predicted octanol–water partition coefficient (Wildman–Crippen LogP) is 3.50. The van der Waals surface area contributed by atoms with Gasteiger partial charge in [0.15, 0.2) is 0 Å². The number of carbonyl (C=O) groups is 1. The normalized spacial score (nSPS) is 10.6. The van der Waals surface area contributed by atoms with Gasteiger partial charge in [-0.05, 0) is 27.6 Å². The Balaban J connectivity index is 3.06. The van der Waals surface area contributed by atoms with E-state index in [2.05, 4.69) is 25.4 Å². The molecule has 0 spiro atoms. The van der Waals surface area contributed by atoms with Gasteiger partial charge in [-0.25, -0.2) is 0 Å². The summed E-state index contributed by atoms with van der Waals surface area (Å²) in [6.07, 6.45) is 0.0357. The van der Waals surface area contributed by atoms with Gasteiger partial charge >= 0.3 is 12.6 Å². The van der Waals surface area contributed by atoms with E-state index in [9.17, 15) is 13.6 Å². The lowest BCUT2D eigenvalue weighted by Crippen LogP contribution is -2.08. The minimum absolute atomic E-state index is 0.00430. The standard InChI is InChI=1S/C11H10BrClF2O3/c1-17-9(16)4-6-2-7(5-13)10(8(12)3-6)18-11(14)15/h2-3,11H,4-5H2,1H3. The number of carbonyl (C=O) groups excluding carboxylic acids is 1. The summed E-state index contributed by atoms with van der Waals surface area (Å²) in [6.45, 7) is -2.94. The Bertz CT molecular complexity index is 441. The summed E-state index contributed by atoms with van der Waals surface area (Å²) in [5.74, 6) is -0.450. The number of methoxy groups -OCH3 is 1. The molecule has 0 bridgehead atoms. The van der Waals surface area contributed by atoms with Crippen molar-refractivity contribution in [1.82, 2.24) is 0 Å². The van der Waals surface area contributed by atoms with Crippen molar-refractivity contribution in [3.63, 3.8) is 0 Å². The molecule has 1 aromatic rings. The molecule has 0 aliphatic heterocycles. The molecular weight excluding hydrogens is 333 g/mol. The fraction of sp³-hybridized carbons (Fsp3) is 0.364. The Kier molecular flexibility index (Phi) is 5.81. The summed E-state index contributed by atoms with van der Waals surface area (Å²) in [7, 11) is 1.27. The topological polar surface area (TPSA) is 35.5 Å². The molecule has 0 atom stereocenters. The molecule has 7 heteroatoms. The third kappa shape index (κ3) is 4.10. The molecule has 0 radical (unpaired) electrons. The van der Waals surface area contributed by atoms with Crippen LogP contribution in [0.3, 0.4) is 0 Å². The first-order valence-corrected chi connectivity index (χ1v) is 6.19. The molecule has 0 aliphatic carbocycles. The summed E-state index contributed by atoms with van der Waals surface area (Å²) in [6, 6.07) is 3.05. The van der Waals surface area contributed by atoms with Crippen LogP contribution in [0.25, 0.3) is 0 Å². The summed E-state index contributed by atoms with van der Waals surface area (Å²) in [5.41, 5.74) is 0.983. The van der Waals surface area contributed by atoms with Crippen LogP contribution in [-0.2, 0) is 21.8 Å². The molecule has 0 heterocycles. The van der Waals surface area contributed by atoms with Crippen LogP contribution in [0.4, 0.5) is 8.78 Å². The Hall–Kier alpha value is -0.880. The molecule has 0 saturated heterocycles. The Morgan fingerprint density at radius 2 is 2.17 bits per heavy atom. The maximum Gasteiger partial charge on any atom is 0.387 e. The first-order chi connectivity index (χ1) is 8.47. The summed E-state index contributed by atoms with van der Waals surface area (Å²) in [5, 5.41) is 0. The third-order valence-electron chi connectivity index (χ3n) is 2.11. The maximum atomic E-state index is 12.2. The minimum atomic E-state index is -2.94. The monoisotopic (exact) mass is 342 g/mol. The summed E-state index contributed by atoms with van der Waals surface area (Å²) < 4.78 is 33.7. The van der Waals surface area contributed by atoms with Crippen LogP contribution in [0.1, 0.15) is 11.1 Å². The summed E-state index contributed by atoms with van der Waals surface area (Å²) in [4.78, 5) is 11.1. The predicted molar refractivity (Wildman–Crippen MR) is 66.1 cm³/mol. The van der Waals surface area contributed by atoms with Gasteiger partial charge in [0, 0.05) is 5.56 Å². The van der Waals surface area contributed by atoms with Crippen LogP contribution in [-0.4, -0.2) is 19.7 Å². The van der Waals surface area contributed by atoms with Crippen molar-refractivity contribution in [2.45, 2.75) is 18.9 Å². The van der Waals surface area contributed by atoms with Gasteiger partial charge in [0.05, 0.1) is 23.9 Å².